The minimum atomic E-state index is -0.285. The molecule has 0 spiro atoms. The molecule has 0 unspecified atom stereocenters. The van der Waals surface area contributed by atoms with Crippen LogP contribution in [0.4, 0.5) is 5.69 Å². The first-order valence-electron chi connectivity index (χ1n) is 9.98. The van der Waals surface area contributed by atoms with Crippen molar-refractivity contribution in [1.29, 1.82) is 0 Å². The minimum absolute atomic E-state index is 0.0905. The maximum absolute atomic E-state index is 13.2. The van der Waals surface area contributed by atoms with Crippen LogP contribution in [0.25, 0.3) is 43.6 Å². The molecular weight excluding hydrogens is 386 g/mol. The van der Waals surface area contributed by atoms with Crippen LogP contribution in [-0.2, 0) is 0 Å². The molecule has 5 heteroatoms. The maximum atomic E-state index is 13.2. The van der Waals surface area contributed by atoms with Gasteiger partial charge in [0, 0.05) is 21.5 Å². The summed E-state index contributed by atoms with van der Waals surface area (Å²) in [6, 6.07) is 22.4. The number of benzene rings is 4. The van der Waals surface area contributed by atoms with Crippen molar-refractivity contribution in [2.75, 3.05) is 0 Å². The highest BCUT2D eigenvalue weighted by Crippen LogP contribution is 2.25. The van der Waals surface area contributed by atoms with E-state index in [1.54, 1.807) is 24.3 Å². The summed E-state index contributed by atoms with van der Waals surface area (Å²) in [6.45, 7) is 2.00. The summed E-state index contributed by atoms with van der Waals surface area (Å²) in [5.74, 6) is 0. The van der Waals surface area contributed by atoms with E-state index in [1.807, 2.05) is 55.5 Å². The van der Waals surface area contributed by atoms with Gasteiger partial charge in [-0.1, -0.05) is 66.7 Å². The van der Waals surface area contributed by atoms with Crippen LogP contribution < -0.4 is 16.2 Å². The molecule has 0 fully saturated rings. The topological polar surface area (TPSA) is 72.3 Å². The fourth-order valence-electron chi connectivity index (χ4n) is 4.19. The number of rotatable bonds is 1. The minimum Gasteiger partial charge on any atom is -0.287 e. The van der Waals surface area contributed by atoms with Gasteiger partial charge in [0.05, 0.1) is 16.6 Å². The Labute approximate surface area is 175 Å². The molecule has 0 radical (unpaired) electrons. The zero-order valence-corrected chi connectivity index (χ0v) is 16.6. The molecule has 0 bridgehead atoms. The van der Waals surface area contributed by atoms with Crippen LogP contribution in [-0.4, -0.2) is 9.97 Å². The second-order valence-corrected chi connectivity index (χ2v) is 7.61. The summed E-state index contributed by atoms with van der Waals surface area (Å²) in [7, 11) is 0. The van der Waals surface area contributed by atoms with Crippen molar-refractivity contribution in [3.05, 3.63) is 104 Å². The van der Waals surface area contributed by atoms with E-state index in [0.717, 1.165) is 22.0 Å². The van der Waals surface area contributed by atoms with Crippen LogP contribution in [0, 0.1) is 6.92 Å². The maximum Gasteiger partial charge on any atom is 0.214 e. The number of hydrogen-bond donors (Lipinski definition) is 0. The van der Waals surface area contributed by atoms with E-state index in [9.17, 15) is 9.59 Å². The quantitative estimate of drug-likeness (QED) is 0.387. The van der Waals surface area contributed by atoms with Crippen LogP contribution in [0.15, 0.2) is 87.4 Å². The number of hydrogen-bond acceptors (Lipinski definition) is 5. The van der Waals surface area contributed by atoms with E-state index in [4.69, 9.17) is 4.99 Å². The Hall–Kier alpha value is -4.25. The van der Waals surface area contributed by atoms with E-state index < -0.39 is 0 Å². The molecule has 0 aliphatic carbocycles. The first-order valence-corrected chi connectivity index (χ1v) is 9.98. The van der Waals surface area contributed by atoms with Gasteiger partial charge in [-0.15, -0.1) is 0 Å². The van der Waals surface area contributed by atoms with E-state index in [1.165, 1.54) is 0 Å². The van der Waals surface area contributed by atoms with Crippen molar-refractivity contribution in [3.8, 4) is 0 Å². The number of nitrogens with zero attached hydrogens (tertiary/aromatic N) is 3. The number of aromatic nitrogens is 2. The van der Waals surface area contributed by atoms with Crippen LogP contribution in [0.1, 0.15) is 5.56 Å². The first-order chi connectivity index (χ1) is 15.1. The molecule has 146 valence electrons. The van der Waals surface area contributed by atoms with Gasteiger partial charge >= 0.3 is 0 Å². The average molecular weight is 401 g/mol. The second-order valence-electron chi connectivity index (χ2n) is 7.61. The Morgan fingerprint density at radius 1 is 0.581 bits per heavy atom. The highest BCUT2D eigenvalue weighted by Gasteiger charge is 2.18. The third-order valence-electron chi connectivity index (χ3n) is 5.75. The van der Waals surface area contributed by atoms with Gasteiger partial charge < -0.3 is 0 Å². The molecule has 0 aliphatic rings. The third kappa shape index (κ3) is 2.47. The molecule has 6 rings (SSSR count). The van der Waals surface area contributed by atoms with Crippen molar-refractivity contribution in [2.45, 2.75) is 6.92 Å². The van der Waals surface area contributed by atoms with Gasteiger partial charge in [-0.05, 0) is 18.6 Å². The van der Waals surface area contributed by atoms with Gasteiger partial charge in [0.1, 0.15) is 16.6 Å². The molecule has 1 heterocycles. The van der Waals surface area contributed by atoms with E-state index in [-0.39, 0.29) is 21.9 Å². The predicted octanol–water partition coefficient (Wildman–Crippen LogP) is 4.23. The number of para-hydroxylation sites is 1. The molecule has 5 nitrogen and oxygen atoms in total. The Bertz CT molecular complexity index is 1850. The summed E-state index contributed by atoms with van der Waals surface area (Å²) in [4.78, 5) is 40.5. The lowest BCUT2D eigenvalue weighted by atomic mass is 10.1. The number of fused-ring (bicyclic) bond motifs is 5. The third-order valence-corrected chi connectivity index (χ3v) is 5.75. The van der Waals surface area contributed by atoms with Crippen LogP contribution in [0.3, 0.4) is 0 Å². The van der Waals surface area contributed by atoms with E-state index in [2.05, 4.69) is 9.97 Å². The Morgan fingerprint density at radius 3 is 1.74 bits per heavy atom. The van der Waals surface area contributed by atoms with Crippen LogP contribution >= 0.6 is 0 Å². The summed E-state index contributed by atoms with van der Waals surface area (Å²) in [5.41, 5.74) is 2.61. The SMILES string of the molecule is Cc1ccccc1N=c1c2ccccc2c2nc3c(=O)c4ccccc4c(=O)c3nc12. The standard InChI is InChI=1S/C26H15N3O2/c1-14-8-2-7-13-19(14)27-20-15-9-3-4-10-16(15)21-22(20)29-24-23(28-21)25(30)17-11-5-6-12-18(17)26(24)31/h2-13H,1H3. The average Bonchev–Trinajstić information content (AvgIpc) is 3.11. The van der Waals surface area contributed by atoms with E-state index in [0.29, 0.717) is 27.2 Å². The molecule has 5 aromatic carbocycles. The fourth-order valence-corrected chi connectivity index (χ4v) is 4.19. The normalized spacial score (nSPS) is 12.5. The van der Waals surface area contributed by atoms with Crippen molar-refractivity contribution in [3.63, 3.8) is 0 Å². The molecule has 0 aliphatic heterocycles. The van der Waals surface area contributed by atoms with Crippen LogP contribution in [0.5, 0.6) is 0 Å². The lowest BCUT2D eigenvalue weighted by Crippen LogP contribution is -2.16. The smallest absolute Gasteiger partial charge is 0.214 e. The summed E-state index contributed by atoms with van der Waals surface area (Å²) in [6.07, 6.45) is 0. The van der Waals surface area contributed by atoms with Crippen molar-refractivity contribution in [2.24, 2.45) is 4.99 Å². The highest BCUT2D eigenvalue weighted by atomic mass is 16.1. The van der Waals surface area contributed by atoms with Crippen LogP contribution in [0.2, 0.25) is 0 Å². The molecule has 0 saturated carbocycles. The molecule has 0 amide bonds. The Kier molecular flexibility index (Phi) is 3.62. The Morgan fingerprint density at radius 2 is 1.10 bits per heavy atom. The molecule has 6 aromatic rings. The molecule has 0 saturated heterocycles. The lowest BCUT2D eigenvalue weighted by Gasteiger charge is -2.01. The monoisotopic (exact) mass is 401 g/mol. The van der Waals surface area contributed by atoms with Gasteiger partial charge in [-0.3, -0.25) is 9.59 Å². The first kappa shape index (κ1) is 17.6. The van der Waals surface area contributed by atoms with Crippen molar-refractivity contribution >= 4 is 49.3 Å². The lowest BCUT2D eigenvalue weighted by molar-refractivity contribution is 1.31. The highest BCUT2D eigenvalue weighted by molar-refractivity contribution is 6.10. The summed E-state index contributed by atoms with van der Waals surface area (Å²) >= 11 is 0. The summed E-state index contributed by atoms with van der Waals surface area (Å²) in [5, 5.41) is 3.14. The summed E-state index contributed by atoms with van der Waals surface area (Å²) < 4.78 is 0. The molecule has 0 atom stereocenters. The van der Waals surface area contributed by atoms with Gasteiger partial charge in [0.25, 0.3) is 0 Å². The predicted molar refractivity (Wildman–Crippen MR) is 123 cm³/mol. The van der Waals surface area contributed by atoms with Gasteiger partial charge in [0.15, 0.2) is 0 Å². The second kappa shape index (κ2) is 6.37. The Balaban J connectivity index is 1.87. The zero-order valence-electron chi connectivity index (χ0n) is 16.6. The molecule has 0 N–H and O–H groups in total. The van der Waals surface area contributed by atoms with Crippen molar-refractivity contribution in [1.82, 2.24) is 9.97 Å². The van der Waals surface area contributed by atoms with E-state index >= 15 is 0 Å². The molecule has 1 aromatic heterocycles. The molecule has 31 heavy (non-hydrogen) atoms. The zero-order chi connectivity index (χ0) is 21.1. The fraction of sp³-hybridized carbons (Fsp3) is 0.0385. The molecular formula is C26H15N3O2. The van der Waals surface area contributed by atoms with Crippen molar-refractivity contribution < 1.29 is 0 Å². The number of aryl methyl sites for hydroxylation is 1. The van der Waals surface area contributed by atoms with Gasteiger partial charge in [-0.25, -0.2) is 15.0 Å². The van der Waals surface area contributed by atoms with Gasteiger partial charge in [-0.2, -0.15) is 0 Å². The van der Waals surface area contributed by atoms with Gasteiger partial charge in [0.2, 0.25) is 10.9 Å². The largest absolute Gasteiger partial charge is 0.287 e.